The Morgan fingerprint density at radius 1 is 0.746 bits per heavy atom. The molecule has 3 atom stereocenters. The molecule has 2 aliphatic heterocycles. The van der Waals surface area contributed by atoms with Gasteiger partial charge in [-0.25, -0.2) is 29.3 Å². The third-order valence-corrected chi connectivity index (χ3v) is 9.87. The zero-order valence-corrected chi connectivity index (χ0v) is 37.6. The zero-order valence-electron chi connectivity index (χ0n) is 37.6. The van der Waals surface area contributed by atoms with Gasteiger partial charge in [-0.2, -0.15) is 10.2 Å². The van der Waals surface area contributed by atoms with Crippen molar-refractivity contribution in [3.8, 4) is 22.5 Å². The molecule has 2 saturated heterocycles. The lowest BCUT2D eigenvalue weighted by atomic mass is 10.1. The molecule has 3 unspecified atom stereocenters. The van der Waals surface area contributed by atoms with Gasteiger partial charge in [-0.15, -0.1) is 0 Å². The van der Waals surface area contributed by atoms with Crippen LogP contribution >= 0.6 is 0 Å². The molecule has 4 aromatic heterocycles. The summed E-state index contributed by atoms with van der Waals surface area (Å²) in [6.07, 6.45) is 6.24. The Morgan fingerprint density at radius 2 is 1.14 bits per heavy atom. The number of aliphatic hydroxyl groups excluding tert-OH is 2. The summed E-state index contributed by atoms with van der Waals surface area (Å²) in [7, 11) is 0. The fourth-order valence-corrected chi connectivity index (χ4v) is 7.22. The second kappa shape index (κ2) is 23.2. The van der Waals surface area contributed by atoms with Crippen LogP contribution in [0.5, 0.6) is 0 Å². The summed E-state index contributed by atoms with van der Waals surface area (Å²) in [6, 6.07) is 19.5. The van der Waals surface area contributed by atoms with Crippen molar-refractivity contribution in [2.45, 2.75) is 97.9 Å². The number of hydrogen-bond acceptors (Lipinski definition) is 13. The Hall–Kier alpha value is -6.30. The molecule has 0 radical (unpaired) electrons. The maximum absolute atomic E-state index is 12.3. The molecule has 0 bridgehead atoms. The summed E-state index contributed by atoms with van der Waals surface area (Å²) >= 11 is 0. The summed E-state index contributed by atoms with van der Waals surface area (Å²) in [5.74, 6) is 0.245. The van der Waals surface area contributed by atoms with Crippen LogP contribution in [0.4, 0.5) is 11.6 Å². The first kappa shape index (κ1) is 49.4. The zero-order chi connectivity index (χ0) is 46.3. The highest BCUT2D eigenvalue weighted by atomic mass is 16.3. The van der Waals surface area contributed by atoms with Crippen LogP contribution in [-0.2, 0) is 9.59 Å². The van der Waals surface area contributed by atoms with Crippen molar-refractivity contribution < 1.29 is 24.9 Å². The number of nitrogens with two attached hydrogens (primary N) is 2. The average molecular weight is 865 g/mol. The van der Waals surface area contributed by atoms with Crippen LogP contribution in [0.15, 0.2) is 86.0 Å². The molecule has 0 saturated carbocycles. The summed E-state index contributed by atoms with van der Waals surface area (Å²) in [5.41, 5.74) is 16.5. The van der Waals surface area contributed by atoms with Gasteiger partial charge in [0.05, 0.1) is 35.1 Å². The number of carbonyl (C=O) groups is 2. The number of aliphatic hydroxyl groups is 3. The Morgan fingerprint density at radius 3 is 1.54 bits per heavy atom. The van der Waals surface area contributed by atoms with E-state index in [-0.39, 0.29) is 18.0 Å². The van der Waals surface area contributed by atoms with Gasteiger partial charge in [0.1, 0.15) is 35.7 Å². The number of fused-ring (bicyclic) bond motifs is 2. The van der Waals surface area contributed by atoms with E-state index in [9.17, 15) is 14.7 Å². The molecule has 63 heavy (non-hydrogen) atoms. The second-order valence-corrected chi connectivity index (χ2v) is 15.5. The highest BCUT2D eigenvalue weighted by Crippen LogP contribution is 2.35. The molecule has 2 fully saturated rings. The van der Waals surface area contributed by atoms with Crippen LogP contribution in [0, 0.1) is 0 Å². The number of carbonyl (C=O) groups excluding carboxylic acids is 2. The molecule has 2 aliphatic rings. The first-order valence-electron chi connectivity index (χ1n) is 21.6. The number of aromatic nitrogens is 8. The number of amides is 2. The predicted molar refractivity (Wildman–Crippen MR) is 248 cm³/mol. The summed E-state index contributed by atoms with van der Waals surface area (Å²) < 4.78 is 3.71. The number of nitrogen functional groups attached to an aromatic ring is 2. The van der Waals surface area contributed by atoms with Crippen LogP contribution in [0.25, 0.3) is 44.6 Å². The van der Waals surface area contributed by atoms with Gasteiger partial charge in [0.15, 0.2) is 17.4 Å². The Labute approximate surface area is 369 Å². The fourth-order valence-electron chi connectivity index (χ4n) is 7.22. The van der Waals surface area contributed by atoms with E-state index in [0.717, 1.165) is 54.4 Å². The maximum atomic E-state index is 12.3. The number of benzene rings is 2. The predicted octanol–water partition coefficient (Wildman–Crippen LogP) is 5.85. The van der Waals surface area contributed by atoms with Crippen molar-refractivity contribution in [1.29, 1.82) is 0 Å². The highest BCUT2D eigenvalue weighted by molar-refractivity contribution is 5.99. The fraction of sp³-hybridized carbons (Fsp3) is 0.435. The van der Waals surface area contributed by atoms with Gasteiger partial charge in [0.25, 0.3) is 5.91 Å². The van der Waals surface area contributed by atoms with Gasteiger partial charge in [0, 0.05) is 37.3 Å². The number of rotatable bonds is 7. The monoisotopic (exact) mass is 865 g/mol. The smallest absolute Gasteiger partial charge is 0.253 e. The van der Waals surface area contributed by atoms with Crippen molar-refractivity contribution >= 4 is 45.5 Å². The molecule has 8 rings (SSSR count). The second-order valence-electron chi connectivity index (χ2n) is 15.5. The molecule has 0 aliphatic carbocycles. The lowest BCUT2D eigenvalue weighted by Crippen LogP contribution is -2.46. The quantitative estimate of drug-likeness (QED) is 0.119. The highest BCUT2D eigenvalue weighted by Gasteiger charge is 2.31. The van der Waals surface area contributed by atoms with Crippen LogP contribution in [0.3, 0.4) is 0 Å². The van der Waals surface area contributed by atoms with E-state index in [4.69, 9.17) is 31.9 Å². The summed E-state index contributed by atoms with van der Waals surface area (Å²) in [4.78, 5) is 44.8. The molecule has 6 aromatic rings. The van der Waals surface area contributed by atoms with Gasteiger partial charge < -0.3 is 36.6 Å². The minimum Gasteiger partial charge on any atom is -0.393 e. The Balaban J connectivity index is 0.000000234. The number of nitrogens with zero attached hydrogens (tertiary/aromatic N) is 10. The molecular formula is C46H64N12O5. The number of piperidine rings is 2. The Kier molecular flexibility index (Phi) is 18.2. The summed E-state index contributed by atoms with van der Waals surface area (Å²) in [6.45, 7) is 18.5. The van der Waals surface area contributed by atoms with Crippen LogP contribution < -0.4 is 11.5 Å². The first-order valence-corrected chi connectivity index (χ1v) is 21.6. The number of hydrogen-bond donors (Lipinski definition) is 5. The van der Waals surface area contributed by atoms with Gasteiger partial charge >= 0.3 is 0 Å². The summed E-state index contributed by atoms with van der Waals surface area (Å²) in [5, 5.41) is 38.4. The maximum Gasteiger partial charge on any atom is 0.253 e. The number of likely N-dealkylation sites (tertiary alicyclic amines) is 2. The molecule has 2 amide bonds. The molecule has 2 aromatic carbocycles. The van der Waals surface area contributed by atoms with E-state index in [1.54, 1.807) is 35.3 Å². The topological polar surface area (TPSA) is 241 Å². The van der Waals surface area contributed by atoms with Crippen LogP contribution in [-0.4, -0.2) is 121 Å². The SMILES string of the molecule is C=CC(=O)N1CCCC(n2nc(-c3ccccc3)c3c(N)ncnc32)C1.CC.CC.CC(C)(C)O.Nc1ncnc2c1c(-c1ccccc1)nn2C1CCCN(C(=O)C(O)CO)C1. The lowest BCUT2D eigenvalue weighted by Gasteiger charge is -2.33. The van der Waals surface area contributed by atoms with Crippen molar-refractivity contribution in [3.63, 3.8) is 0 Å². The van der Waals surface area contributed by atoms with E-state index in [1.165, 1.54) is 18.7 Å². The van der Waals surface area contributed by atoms with E-state index < -0.39 is 24.2 Å². The van der Waals surface area contributed by atoms with Gasteiger partial charge in [0.2, 0.25) is 5.91 Å². The lowest BCUT2D eigenvalue weighted by molar-refractivity contribution is -0.143. The molecule has 6 heterocycles. The van der Waals surface area contributed by atoms with Gasteiger partial charge in [-0.3, -0.25) is 9.59 Å². The van der Waals surface area contributed by atoms with E-state index in [1.807, 2.05) is 93.0 Å². The van der Waals surface area contributed by atoms with E-state index >= 15 is 0 Å². The molecule has 17 heteroatoms. The van der Waals surface area contributed by atoms with Crippen LogP contribution in [0.2, 0.25) is 0 Å². The van der Waals surface area contributed by atoms with Gasteiger partial charge in [-0.05, 0) is 52.5 Å². The first-order chi connectivity index (χ1) is 30.3. The normalized spacial score (nSPS) is 16.5. The molecule has 7 N–H and O–H groups in total. The van der Waals surface area contributed by atoms with Crippen molar-refractivity contribution in [3.05, 3.63) is 86.0 Å². The molecule has 0 spiro atoms. The standard InChI is InChI=1S/C19H22N6O3.C19H20N6O.C4H10O.2C2H6/c20-17-15-16(12-5-2-1-3-6-12)23-25(18(15)22-11-21-17)13-7-4-8-24(9-13)19(28)14(27)10-26;1-2-15(26)24-10-6-9-14(11-24)25-19-16(18(20)21-12-22-19)17(23-25)13-7-4-3-5-8-13;1-4(2,3)5;2*1-2/h1-3,5-6,11,13-14,26-27H,4,7-10H2,(H2,20,21,22);2-5,7-8,12,14H,1,6,9-11H2,(H2,20,21,22);5H,1-3H3;2*1-2H3. The third-order valence-electron chi connectivity index (χ3n) is 9.87. The van der Waals surface area contributed by atoms with Crippen LogP contribution in [0.1, 0.15) is 86.2 Å². The Bertz CT molecular complexity index is 2370. The third kappa shape index (κ3) is 12.4. The van der Waals surface area contributed by atoms with E-state index in [2.05, 4.69) is 26.5 Å². The molecular weight excluding hydrogens is 801 g/mol. The van der Waals surface area contributed by atoms with Gasteiger partial charge in [-0.1, -0.05) is 94.9 Å². The van der Waals surface area contributed by atoms with E-state index in [0.29, 0.717) is 53.6 Å². The largest absolute Gasteiger partial charge is 0.393 e. The molecule has 338 valence electrons. The number of anilines is 2. The minimum atomic E-state index is -1.40. The average Bonchev–Trinajstić information content (AvgIpc) is 3.91. The van der Waals surface area contributed by atoms with Crippen molar-refractivity contribution in [2.24, 2.45) is 0 Å². The molecule has 17 nitrogen and oxygen atoms in total. The van der Waals surface area contributed by atoms with Crippen molar-refractivity contribution in [1.82, 2.24) is 49.3 Å². The van der Waals surface area contributed by atoms with Crippen molar-refractivity contribution in [2.75, 3.05) is 44.3 Å². The minimum absolute atomic E-state index is 0.0434.